The zero-order chi connectivity index (χ0) is 14.8. The van der Waals surface area contributed by atoms with Crippen LogP contribution in [-0.2, 0) is 0 Å². The molecule has 1 nitrogen and oxygen atoms in total. The van der Waals surface area contributed by atoms with Gasteiger partial charge in [-0.15, -0.1) is 0 Å². The van der Waals surface area contributed by atoms with Gasteiger partial charge < -0.3 is 5.32 Å². The minimum absolute atomic E-state index is 0.219. The molecule has 0 saturated carbocycles. The van der Waals surface area contributed by atoms with Gasteiger partial charge in [-0.2, -0.15) is 0 Å². The van der Waals surface area contributed by atoms with Crippen LogP contribution < -0.4 is 5.32 Å². The first kappa shape index (κ1) is 13.8. The zero-order valence-corrected chi connectivity index (χ0v) is 12.9. The van der Waals surface area contributed by atoms with Gasteiger partial charge in [-0.05, 0) is 48.4 Å². The maximum absolute atomic E-state index is 3.49. The predicted octanol–water partition coefficient (Wildman–Crippen LogP) is 4.77. The summed E-state index contributed by atoms with van der Waals surface area (Å²) in [7, 11) is 2.03. The minimum atomic E-state index is 0.219. The Labute approximate surface area is 126 Å². The highest BCUT2D eigenvalue weighted by molar-refractivity contribution is 5.87. The summed E-state index contributed by atoms with van der Waals surface area (Å²) in [5.74, 6) is 0. The van der Waals surface area contributed by atoms with Crippen molar-refractivity contribution in [2.75, 3.05) is 7.05 Å². The molecule has 1 unspecified atom stereocenters. The number of aryl methyl sites for hydroxylation is 2. The fraction of sp³-hybridized carbons (Fsp3) is 0.200. The quantitative estimate of drug-likeness (QED) is 0.726. The molecule has 0 aromatic heterocycles. The van der Waals surface area contributed by atoms with E-state index in [9.17, 15) is 0 Å². The molecule has 0 bridgehead atoms. The van der Waals surface area contributed by atoms with Crippen molar-refractivity contribution >= 4 is 10.8 Å². The van der Waals surface area contributed by atoms with Crippen molar-refractivity contribution in [3.8, 4) is 0 Å². The zero-order valence-electron chi connectivity index (χ0n) is 12.9. The van der Waals surface area contributed by atoms with Gasteiger partial charge in [0.25, 0.3) is 0 Å². The summed E-state index contributed by atoms with van der Waals surface area (Å²) in [6.45, 7) is 4.32. The molecular weight excluding hydrogens is 254 g/mol. The molecule has 0 aliphatic carbocycles. The first-order valence-electron chi connectivity index (χ1n) is 7.43. The van der Waals surface area contributed by atoms with Gasteiger partial charge in [-0.25, -0.2) is 0 Å². The van der Waals surface area contributed by atoms with Gasteiger partial charge in [0.15, 0.2) is 0 Å². The number of rotatable bonds is 3. The van der Waals surface area contributed by atoms with Crippen molar-refractivity contribution < 1.29 is 0 Å². The lowest BCUT2D eigenvalue weighted by Gasteiger charge is -2.22. The number of benzene rings is 3. The van der Waals surface area contributed by atoms with Crippen LogP contribution >= 0.6 is 0 Å². The molecule has 0 heterocycles. The molecule has 0 amide bonds. The number of hydrogen-bond acceptors (Lipinski definition) is 1. The second-order valence-corrected chi connectivity index (χ2v) is 5.65. The average Bonchev–Trinajstić information content (AvgIpc) is 2.52. The van der Waals surface area contributed by atoms with Crippen LogP contribution in [0.4, 0.5) is 0 Å². The van der Waals surface area contributed by atoms with Crippen LogP contribution in [0.3, 0.4) is 0 Å². The van der Waals surface area contributed by atoms with E-state index in [0.29, 0.717) is 0 Å². The van der Waals surface area contributed by atoms with E-state index in [1.54, 1.807) is 0 Å². The third-order valence-electron chi connectivity index (χ3n) is 4.18. The van der Waals surface area contributed by atoms with Crippen molar-refractivity contribution in [3.05, 3.63) is 82.9 Å². The lowest BCUT2D eigenvalue weighted by atomic mass is 9.90. The summed E-state index contributed by atoms with van der Waals surface area (Å²) >= 11 is 0. The molecule has 1 N–H and O–H groups in total. The molecule has 0 aliphatic rings. The van der Waals surface area contributed by atoms with Crippen LogP contribution in [0.1, 0.15) is 28.3 Å². The summed E-state index contributed by atoms with van der Waals surface area (Å²) in [6.07, 6.45) is 0. The minimum Gasteiger partial charge on any atom is -0.309 e. The van der Waals surface area contributed by atoms with Crippen molar-refractivity contribution in [2.45, 2.75) is 19.9 Å². The average molecular weight is 275 g/mol. The molecule has 3 rings (SSSR count). The smallest absolute Gasteiger partial charge is 0.0583 e. The number of hydrogen-bond donors (Lipinski definition) is 1. The molecule has 0 saturated heterocycles. The Kier molecular flexibility index (Phi) is 3.76. The number of fused-ring (bicyclic) bond motifs is 1. The predicted molar refractivity (Wildman–Crippen MR) is 90.8 cm³/mol. The van der Waals surface area contributed by atoms with Crippen LogP contribution in [0.5, 0.6) is 0 Å². The van der Waals surface area contributed by atoms with Crippen molar-refractivity contribution in [2.24, 2.45) is 0 Å². The van der Waals surface area contributed by atoms with E-state index in [1.165, 1.54) is 33.0 Å². The monoisotopic (exact) mass is 275 g/mol. The van der Waals surface area contributed by atoms with Gasteiger partial charge in [0, 0.05) is 0 Å². The van der Waals surface area contributed by atoms with Crippen molar-refractivity contribution in [1.29, 1.82) is 0 Å². The first-order chi connectivity index (χ1) is 10.2. The van der Waals surface area contributed by atoms with Crippen LogP contribution in [0.25, 0.3) is 10.8 Å². The second kappa shape index (κ2) is 5.71. The normalized spacial score (nSPS) is 12.5. The second-order valence-electron chi connectivity index (χ2n) is 5.65. The van der Waals surface area contributed by atoms with E-state index in [0.717, 1.165) is 0 Å². The topological polar surface area (TPSA) is 12.0 Å². The molecular formula is C20H21N. The lowest BCUT2D eigenvalue weighted by Crippen LogP contribution is -2.19. The molecule has 106 valence electrons. The van der Waals surface area contributed by atoms with E-state index in [4.69, 9.17) is 0 Å². The Hall–Kier alpha value is -2.12. The third kappa shape index (κ3) is 2.57. The van der Waals surface area contributed by atoms with Crippen molar-refractivity contribution in [3.63, 3.8) is 0 Å². The maximum atomic E-state index is 3.49. The van der Waals surface area contributed by atoms with Crippen LogP contribution in [0.15, 0.2) is 60.7 Å². The van der Waals surface area contributed by atoms with Gasteiger partial charge in [0.2, 0.25) is 0 Å². The fourth-order valence-electron chi connectivity index (χ4n) is 3.02. The summed E-state index contributed by atoms with van der Waals surface area (Å²) in [4.78, 5) is 0. The van der Waals surface area contributed by atoms with Gasteiger partial charge in [0.1, 0.15) is 0 Å². The molecule has 21 heavy (non-hydrogen) atoms. The lowest BCUT2D eigenvalue weighted by molar-refractivity contribution is 0.692. The first-order valence-corrected chi connectivity index (χ1v) is 7.43. The highest BCUT2D eigenvalue weighted by atomic mass is 14.9. The molecule has 3 aromatic rings. The molecule has 0 radical (unpaired) electrons. The molecule has 0 aliphatic heterocycles. The van der Waals surface area contributed by atoms with Crippen molar-refractivity contribution in [1.82, 2.24) is 5.32 Å². The largest absolute Gasteiger partial charge is 0.309 e. The highest BCUT2D eigenvalue weighted by Crippen LogP contribution is 2.31. The molecule has 3 aromatic carbocycles. The van der Waals surface area contributed by atoms with E-state index in [-0.39, 0.29) is 6.04 Å². The molecule has 1 atom stereocenters. The van der Waals surface area contributed by atoms with Gasteiger partial charge in [-0.3, -0.25) is 0 Å². The van der Waals surface area contributed by atoms with E-state index < -0.39 is 0 Å². The fourth-order valence-corrected chi connectivity index (χ4v) is 3.02. The van der Waals surface area contributed by atoms with Crippen LogP contribution in [0, 0.1) is 13.8 Å². The Balaban J connectivity index is 2.21. The summed E-state index contributed by atoms with van der Waals surface area (Å²) < 4.78 is 0. The molecule has 0 fully saturated rings. The Morgan fingerprint density at radius 2 is 1.52 bits per heavy atom. The standard InChI is InChI=1S/C20H21N/c1-14-8-11-17(12-9-14)20(21-3)19-15(2)10-13-16-6-4-5-7-18(16)19/h4-13,20-21H,1-3H3. The Morgan fingerprint density at radius 3 is 2.24 bits per heavy atom. The summed E-state index contributed by atoms with van der Waals surface area (Å²) in [5.41, 5.74) is 5.30. The van der Waals surface area contributed by atoms with Gasteiger partial charge >= 0.3 is 0 Å². The van der Waals surface area contributed by atoms with Gasteiger partial charge in [-0.1, -0.05) is 66.2 Å². The number of nitrogens with one attached hydrogen (secondary N) is 1. The Bertz CT molecular complexity index is 756. The summed E-state index contributed by atoms with van der Waals surface area (Å²) in [6, 6.07) is 22.1. The molecule has 0 spiro atoms. The van der Waals surface area contributed by atoms with E-state index >= 15 is 0 Å². The van der Waals surface area contributed by atoms with E-state index in [1.807, 2.05) is 7.05 Å². The maximum Gasteiger partial charge on any atom is 0.0583 e. The Morgan fingerprint density at radius 1 is 0.810 bits per heavy atom. The van der Waals surface area contributed by atoms with Crippen LogP contribution in [0.2, 0.25) is 0 Å². The summed E-state index contributed by atoms with van der Waals surface area (Å²) in [5, 5.41) is 6.11. The molecule has 1 heteroatoms. The third-order valence-corrected chi connectivity index (χ3v) is 4.18. The SMILES string of the molecule is CNC(c1ccc(C)cc1)c1c(C)ccc2ccccc12. The van der Waals surface area contributed by atoms with Crippen LogP contribution in [-0.4, -0.2) is 7.05 Å². The van der Waals surface area contributed by atoms with E-state index in [2.05, 4.69) is 79.8 Å². The highest BCUT2D eigenvalue weighted by Gasteiger charge is 2.16. The van der Waals surface area contributed by atoms with Gasteiger partial charge in [0.05, 0.1) is 6.04 Å².